The van der Waals surface area contributed by atoms with Crippen molar-refractivity contribution in [3.05, 3.63) is 59.2 Å². The number of aryl methyl sites for hydroxylation is 2. The summed E-state index contributed by atoms with van der Waals surface area (Å²) in [6.45, 7) is 3.82. The summed E-state index contributed by atoms with van der Waals surface area (Å²) in [4.78, 5) is -0.00203. The first-order valence-corrected chi connectivity index (χ1v) is 8.08. The number of nitrogens with one attached hydrogen (secondary N) is 1. The Morgan fingerprint density at radius 3 is 2.52 bits per heavy atom. The smallest absolute Gasteiger partial charge is 0.263 e. The van der Waals surface area contributed by atoms with Gasteiger partial charge < -0.3 is 0 Å². The Bertz CT molecular complexity index is 805. The minimum absolute atomic E-state index is 0.00203. The largest absolute Gasteiger partial charge is 0.279 e. The van der Waals surface area contributed by atoms with Crippen molar-refractivity contribution in [3.8, 4) is 6.07 Å². The molecule has 4 nitrogen and oxygen atoms in total. The van der Waals surface area contributed by atoms with Crippen LogP contribution in [0.3, 0.4) is 0 Å². The van der Waals surface area contributed by atoms with Crippen LogP contribution >= 0.6 is 0 Å². The van der Waals surface area contributed by atoms with Crippen LogP contribution in [-0.2, 0) is 16.4 Å². The van der Waals surface area contributed by atoms with Gasteiger partial charge in [0.25, 0.3) is 10.0 Å². The molecule has 108 valence electrons. The van der Waals surface area contributed by atoms with E-state index in [9.17, 15) is 8.42 Å². The fraction of sp³-hybridized carbons (Fsp3) is 0.188. The van der Waals surface area contributed by atoms with Gasteiger partial charge in [-0.1, -0.05) is 37.3 Å². The van der Waals surface area contributed by atoms with E-state index in [1.54, 1.807) is 12.1 Å². The van der Waals surface area contributed by atoms with Gasteiger partial charge in [-0.05, 0) is 36.6 Å². The van der Waals surface area contributed by atoms with Gasteiger partial charge in [-0.3, -0.25) is 4.72 Å². The van der Waals surface area contributed by atoms with Crippen molar-refractivity contribution < 1.29 is 8.42 Å². The number of rotatable bonds is 4. The molecule has 5 heteroatoms. The molecule has 0 spiro atoms. The van der Waals surface area contributed by atoms with Gasteiger partial charge in [0.15, 0.2) is 0 Å². The van der Waals surface area contributed by atoms with Crippen LogP contribution in [0, 0.1) is 18.3 Å². The molecule has 2 aromatic carbocycles. The zero-order chi connectivity index (χ0) is 15.5. The number of nitrogens with zero attached hydrogens (tertiary/aromatic N) is 1. The maximum atomic E-state index is 12.5. The molecule has 0 radical (unpaired) electrons. The maximum absolute atomic E-state index is 12.5. The molecule has 2 rings (SSSR count). The van der Waals surface area contributed by atoms with E-state index in [4.69, 9.17) is 5.26 Å². The number of para-hydroxylation sites is 1. The number of benzene rings is 2. The summed E-state index contributed by atoms with van der Waals surface area (Å²) in [5.74, 6) is 0. The van der Waals surface area contributed by atoms with E-state index in [2.05, 4.69) is 4.72 Å². The summed E-state index contributed by atoms with van der Waals surface area (Å²) in [7, 11) is -3.78. The molecule has 0 saturated heterocycles. The number of hydrogen-bond donors (Lipinski definition) is 1. The second kappa shape index (κ2) is 5.98. The van der Waals surface area contributed by atoms with Crippen molar-refractivity contribution in [2.45, 2.75) is 25.2 Å². The van der Waals surface area contributed by atoms with E-state index in [0.717, 1.165) is 17.5 Å². The Balaban J connectivity index is 2.51. The predicted molar refractivity (Wildman–Crippen MR) is 82.5 cm³/mol. The molecular formula is C16H16N2O2S. The van der Waals surface area contributed by atoms with Crippen molar-refractivity contribution in [3.63, 3.8) is 0 Å². The molecule has 0 aliphatic carbocycles. The van der Waals surface area contributed by atoms with Gasteiger partial charge in [-0.15, -0.1) is 0 Å². The highest BCUT2D eigenvalue weighted by Gasteiger charge is 2.20. The summed E-state index contributed by atoms with van der Waals surface area (Å²) in [5.41, 5.74) is 2.50. The van der Waals surface area contributed by atoms with Gasteiger partial charge in [0.1, 0.15) is 11.0 Å². The highest BCUT2D eigenvalue weighted by atomic mass is 32.2. The topological polar surface area (TPSA) is 70.0 Å². The summed E-state index contributed by atoms with van der Waals surface area (Å²) in [6, 6.07) is 13.7. The zero-order valence-corrected chi connectivity index (χ0v) is 12.7. The van der Waals surface area contributed by atoms with Crippen molar-refractivity contribution in [2.24, 2.45) is 0 Å². The van der Waals surface area contributed by atoms with Crippen LogP contribution in [0.5, 0.6) is 0 Å². The summed E-state index contributed by atoms with van der Waals surface area (Å²) in [5, 5.41) is 9.06. The average Bonchev–Trinajstić information content (AvgIpc) is 2.49. The molecule has 2 aromatic rings. The normalized spacial score (nSPS) is 10.9. The third kappa shape index (κ3) is 3.06. The fourth-order valence-corrected chi connectivity index (χ4v) is 3.48. The monoisotopic (exact) mass is 300 g/mol. The van der Waals surface area contributed by atoms with Crippen molar-refractivity contribution >= 4 is 15.7 Å². The molecule has 0 atom stereocenters. The first-order chi connectivity index (χ1) is 9.99. The summed E-state index contributed by atoms with van der Waals surface area (Å²) < 4.78 is 27.7. The van der Waals surface area contributed by atoms with Crippen LogP contribution in [0.2, 0.25) is 0 Å². The molecule has 0 fully saturated rings. The summed E-state index contributed by atoms with van der Waals surface area (Å²) in [6.07, 6.45) is 0.722. The van der Waals surface area contributed by atoms with Gasteiger partial charge in [-0.2, -0.15) is 5.26 Å². The molecule has 0 aliphatic rings. The Hall–Kier alpha value is -2.32. The lowest BCUT2D eigenvalue weighted by atomic mass is 10.1. The quantitative estimate of drug-likeness (QED) is 0.942. The van der Waals surface area contributed by atoms with Gasteiger partial charge in [-0.25, -0.2) is 8.42 Å². The van der Waals surface area contributed by atoms with Crippen LogP contribution < -0.4 is 4.72 Å². The van der Waals surface area contributed by atoms with Crippen molar-refractivity contribution in [1.82, 2.24) is 0 Å². The highest BCUT2D eigenvalue weighted by Crippen LogP contribution is 2.25. The van der Waals surface area contributed by atoms with E-state index in [1.807, 2.05) is 38.1 Å². The van der Waals surface area contributed by atoms with Crippen molar-refractivity contribution in [1.29, 1.82) is 5.26 Å². The average molecular weight is 300 g/mol. The lowest BCUT2D eigenvalue weighted by Crippen LogP contribution is -2.16. The van der Waals surface area contributed by atoms with E-state index < -0.39 is 10.0 Å². The third-order valence-electron chi connectivity index (χ3n) is 3.27. The van der Waals surface area contributed by atoms with E-state index in [-0.39, 0.29) is 10.5 Å². The molecule has 0 saturated carbocycles. The number of anilines is 1. The number of nitriles is 1. The number of sulfonamides is 1. The minimum Gasteiger partial charge on any atom is -0.279 e. The lowest BCUT2D eigenvalue weighted by molar-refractivity contribution is 0.601. The van der Waals surface area contributed by atoms with E-state index in [1.165, 1.54) is 12.1 Å². The molecule has 0 aromatic heterocycles. The Kier molecular flexibility index (Phi) is 4.29. The standard InChI is InChI=1S/C16H16N2O2S/c1-3-13-9-6-7-12(2)16(13)18-21(19,20)15-10-5-4-8-14(15)11-17/h4-10,18H,3H2,1-2H3. The van der Waals surface area contributed by atoms with Gasteiger partial charge in [0, 0.05) is 0 Å². The van der Waals surface area contributed by atoms with Gasteiger partial charge in [0.2, 0.25) is 0 Å². The molecular weight excluding hydrogens is 284 g/mol. The second-order valence-corrected chi connectivity index (χ2v) is 6.33. The van der Waals surface area contributed by atoms with Crippen LogP contribution in [0.4, 0.5) is 5.69 Å². The van der Waals surface area contributed by atoms with E-state index >= 15 is 0 Å². The fourth-order valence-electron chi connectivity index (χ4n) is 2.15. The predicted octanol–water partition coefficient (Wildman–Crippen LogP) is 3.23. The molecule has 1 N–H and O–H groups in total. The molecule has 0 heterocycles. The first kappa shape index (κ1) is 15.1. The Morgan fingerprint density at radius 1 is 1.14 bits per heavy atom. The zero-order valence-electron chi connectivity index (χ0n) is 11.9. The molecule has 21 heavy (non-hydrogen) atoms. The van der Waals surface area contributed by atoms with Gasteiger partial charge >= 0.3 is 0 Å². The summed E-state index contributed by atoms with van der Waals surface area (Å²) >= 11 is 0. The third-order valence-corrected chi connectivity index (χ3v) is 4.68. The highest BCUT2D eigenvalue weighted by molar-refractivity contribution is 7.92. The minimum atomic E-state index is -3.78. The SMILES string of the molecule is CCc1cccc(C)c1NS(=O)(=O)c1ccccc1C#N. The molecule has 0 bridgehead atoms. The van der Waals surface area contributed by atoms with E-state index in [0.29, 0.717) is 5.69 Å². The van der Waals surface area contributed by atoms with Crippen LogP contribution in [-0.4, -0.2) is 8.42 Å². The lowest BCUT2D eigenvalue weighted by Gasteiger charge is -2.15. The van der Waals surface area contributed by atoms with Crippen LogP contribution in [0.25, 0.3) is 0 Å². The van der Waals surface area contributed by atoms with Crippen LogP contribution in [0.15, 0.2) is 47.4 Å². The Morgan fingerprint density at radius 2 is 1.86 bits per heavy atom. The molecule has 0 amide bonds. The molecule has 0 aliphatic heterocycles. The molecule has 0 unspecified atom stereocenters. The first-order valence-electron chi connectivity index (χ1n) is 6.60. The maximum Gasteiger partial charge on any atom is 0.263 e. The van der Waals surface area contributed by atoms with Gasteiger partial charge in [0.05, 0.1) is 11.3 Å². The van der Waals surface area contributed by atoms with Crippen LogP contribution in [0.1, 0.15) is 23.6 Å². The second-order valence-electron chi connectivity index (χ2n) is 4.68. The Labute approximate surface area is 125 Å². The number of hydrogen-bond acceptors (Lipinski definition) is 3. The van der Waals surface area contributed by atoms with Crippen molar-refractivity contribution in [2.75, 3.05) is 4.72 Å².